The van der Waals surface area contributed by atoms with Crippen molar-refractivity contribution in [2.24, 2.45) is 0 Å². The van der Waals surface area contributed by atoms with Crippen LogP contribution in [0.3, 0.4) is 0 Å². The Morgan fingerprint density at radius 2 is 0.640 bits per heavy atom. The van der Waals surface area contributed by atoms with Crippen molar-refractivity contribution in [1.29, 1.82) is 0 Å². The summed E-state index contributed by atoms with van der Waals surface area (Å²) in [6.07, 6.45) is 0. The van der Waals surface area contributed by atoms with Crippen molar-refractivity contribution < 1.29 is 9.31 Å². The van der Waals surface area contributed by atoms with Crippen LogP contribution in [0.5, 0.6) is 0 Å². The van der Waals surface area contributed by atoms with Crippen LogP contribution in [0.15, 0.2) is 258 Å². The summed E-state index contributed by atoms with van der Waals surface area (Å²) in [5.74, 6) is 0. The van der Waals surface area contributed by atoms with Crippen molar-refractivity contribution >= 4 is 160 Å². The van der Waals surface area contributed by atoms with Crippen molar-refractivity contribution in [3.05, 3.63) is 258 Å². The number of aromatic nitrogens is 6. The summed E-state index contributed by atoms with van der Waals surface area (Å²) < 4.78 is 21.7. The molecule has 1 saturated heterocycles. The molecular formula is C75H53BBr2N6O2. The van der Waals surface area contributed by atoms with Gasteiger partial charge in [-0.3, -0.25) is 13.2 Å². The van der Waals surface area contributed by atoms with E-state index in [4.69, 9.17) is 24.3 Å². The second-order valence-electron chi connectivity index (χ2n) is 23.3. The topological polar surface area (TPSA) is 70.4 Å². The van der Waals surface area contributed by atoms with Crippen molar-refractivity contribution in [3.63, 3.8) is 0 Å². The van der Waals surface area contributed by atoms with Gasteiger partial charge in [-0.2, -0.15) is 0 Å². The highest BCUT2D eigenvalue weighted by molar-refractivity contribution is 9.11. The molecule has 412 valence electrons. The Hall–Kier alpha value is -9.23. The third kappa shape index (κ3) is 8.50. The van der Waals surface area contributed by atoms with E-state index in [0.29, 0.717) is 0 Å². The Morgan fingerprint density at radius 3 is 1.03 bits per heavy atom. The first-order valence-electron chi connectivity index (χ1n) is 29.0. The highest BCUT2D eigenvalue weighted by Crippen LogP contribution is 2.41. The lowest BCUT2D eigenvalue weighted by atomic mass is 9.78. The molecule has 1 fully saturated rings. The third-order valence-corrected chi connectivity index (χ3v) is 18.6. The molecule has 0 aliphatic carbocycles. The summed E-state index contributed by atoms with van der Waals surface area (Å²) in [5, 5.41) is 10.7. The molecule has 7 heterocycles. The van der Waals surface area contributed by atoms with E-state index in [9.17, 15) is 0 Å². The minimum absolute atomic E-state index is 0.368. The average Bonchev–Trinajstić information content (AvgIpc) is 1.90. The molecule has 0 atom stereocenters. The molecule has 86 heavy (non-hydrogen) atoms. The predicted octanol–water partition coefficient (Wildman–Crippen LogP) is 19.5. The van der Waals surface area contributed by atoms with Gasteiger partial charge in [-0.1, -0.05) is 190 Å². The first-order valence-corrected chi connectivity index (χ1v) is 30.6. The smallest absolute Gasteiger partial charge is 0.399 e. The average molecular weight is 1240 g/mol. The number of rotatable bonds is 3. The third-order valence-electron chi connectivity index (χ3n) is 17.6. The summed E-state index contributed by atoms with van der Waals surface area (Å²) in [4.78, 5) is 15.3. The van der Waals surface area contributed by atoms with Crippen LogP contribution in [-0.4, -0.2) is 46.5 Å². The molecule has 0 spiro atoms. The largest absolute Gasteiger partial charge is 0.494 e. The fourth-order valence-corrected chi connectivity index (χ4v) is 13.9. The van der Waals surface area contributed by atoms with E-state index in [-0.39, 0.29) is 11.2 Å². The standard InChI is InChI=1S/C44H26N4.C25H23BN2O2.C6H4Br2/c1-5-16-39-33(12-1)31-22-20-29(25-35(31)43-45-37-14-3-7-18-41(37)47(39)43)27-10-9-11-28(24-27)30-21-23-32-34-13-2-6-17-40(34)48-42-19-8-4-15-38(42)46-44(48)36(32)26-30;1-24(2)25(3,4)30-26(29-24)16-13-14-17-18-9-5-7-11-21(18)28-22-12-8-6-10-20(22)27-23(28)19(17)15-16;7-5-2-1-3-6(8)4-5/h1-26H;5-15H,1-4H3;1-4H. The van der Waals surface area contributed by atoms with Crippen LogP contribution in [0, 0.1) is 0 Å². The molecule has 0 saturated carbocycles. The number of hydrogen-bond acceptors (Lipinski definition) is 5. The van der Waals surface area contributed by atoms with Gasteiger partial charge in [0, 0.05) is 41.3 Å². The first-order chi connectivity index (χ1) is 41.9. The fraction of sp³-hybridized carbons (Fsp3) is 0.0800. The van der Waals surface area contributed by atoms with E-state index in [1.165, 1.54) is 65.6 Å². The molecule has 8 nitrogen and oxygen atoms in total. The number of imidazole rings is 3. The van der Waals surface area contributed by atoms with Gasteiger partial charge >= 0.3 is 7.12 Å². The van der Waals surface area contributed by atoms with Crippen LogP contribution in [-0.2, 0) is 9.31 Å². The molecule has 0 N–H and O–H groups in total. The van der Waals surface area contributed by atoms with E-state index >= 15 is 0 Å². The zero-order chi connectivity index (χ0) is 58.0. The van der Waals surface area contributed by atoms with Gasteiger partial charge in [0.05, 0.1) is 60.9 Å². The molecule has 0 radical (unpaired) electrons. The molecular weight excluding hydrogens is 1190 g/mol. The minimum atomic E-state index is -0.393. The number of halogens is 2. The highest BCUT2D eigenvalue weighted by Gasteiger charge is 2.51. The molecule has 11 heteroatoms. The lowest BCUT2D eigenvalue weighted by Gasteiger charge is -2.32. The Kier molecular flexibility index (Phi) is 12.3. The van der Waals surface area contributed by atoms with Gasteiger partial charge in [0.25, 0.3) is 0 Å². The van der Waals surface area contributed by atoms with Gasteiger partial charge in [-0.15, -0.1) is 0 Å². The van der Waals surface area contributed by atoms with Gasteiger partial charge in [0.15, 0.2) is 0 Å². The Labute approximate surface area is 512 Å². The predicted molar refractivity (Wildman–Crippen MR) is 365 cm³/mol. The number of benzene rings is 11. The SMILES string of the molecule is Brc1cccc(Br)c1.CC1(C)OB(c2ccc3c4ccccc4n4c5ccccc5nc4c3c2)OC1(C)C.c1cc(-c2ccc3c4ccccc4n4c5ccccc5nc4c3c2)cc(-c2ccc3c4ccccc4n4c5ccccc5nc4c3c2)c1. The van der Waals surface area contributed by atoms with Gasteiger partial charge in [-0.05, 0) is 163 Å². The van der Waals surface area contributed by atoms with Crippen molar-refractivity contribution in [2.45, 2.75) is 38.9 Å². The maximum atomic E-state index is 6.31. The molecule has 6 aromatic heterocycles. The summed E-state index contributed by atoms with van der Waals surface area (Å²) in [6, 6.07) is 87.9. The fourth-order valence-electron chi connectivity index (χ4n) is 12.8. The summed E-state index contributed by atoms with van der Waals surface area (Å²) in [6.45, 7) is 8.34. The van der Waals surface area contributed by atoms with Crippen LogP contribution >= 0.6 is 31.9 Å². The molecule has 0 bridgehead atoms. The van der Waals surface area contributed by atoms with E-state index in [1.807, 2.05) is 30.3 Å². The highest BCUT2D eigenvalue weighted by atomic mass is 79.9. The van der Waals surface area contributed by atoms with Crippen molar-refractivity contribution in [2.75, 3.05) is 0 Å². The monoisotopic (exact) mass is 1240 g/mol. The Bertz CT molecular complexity index is 5390. The second-order valence-corrected chi connectivity index (χ2v) is 25.1. The number of hydrogen-bond donors (Lipinski definition) is 0. The van der Waals surface area contributed by atoms with E-state index in [2.05, 4.69) is 291 Å². The first kappa shape index (κ1) is 52.3. The second kappa shape index (κ2) is 20.2. The molecule has 1 aliphatic rings. The van der Waals surface area contributed by atoms with E-state index < -0.39 is 7.12 Å². The summed E-state index contributed by atoms with van der Waals surface area (Å²) in [7, 11) is -0.393. The normalized spacial score (nSPS) is 14.0. The number of nitrogens with zero attached hydrogens (tertiary/aromatic N) is 6. The maximum Gasteiger partial charge on any atom is 0.494 e. The number of fused-ring (bicyclic) bond motifs is 24. The zero-order valence-electron chi connectivity index (χ0n) is 47.5. The molecule has 1 aliphatic heterocycles. The Morgan fingerprint density at radius 1 is 0.302 bits per heavy atom. The lowest BCUT2D eigenvalue weighted by molar-refractivity contribution is 0.00578. The van der Waals surface area contributed by atoms with Crippen molar-refractivity contribution in [1.82, 2.24) is 28.2 Å². The van der Waals surface area contributed by atoms with Crippen LogP contribution in [0.1, 0.15) is 27.7 Å². The molecule has 11 aromatic carbocycles. The van der Waals surface area contributed by atoms with Gasteiger partial charge in [-0.25, -0.2) is 15.0 Å². The van der Waals surface area contributed by atoms with Crippen LogP contribution in [0.4, 0.5) is 0 Å². The van der Waals surface area contributed by atoms with Crippen LogP contribution in [0.2, 0.25) is 0 Å². The van der Waals surface area contributed by atoms with Crippen molar-refractivity contribution in [3.8, 4) is 22.3 Å². The summed E-state index contributed by atoms with van der Waals surface area (Å²) in [5.41, 5.74) is 17.8. The van der Waals surface area contributed by atoms with Gasteiger partial charge in [0.1, 0.15) is 16.9 Å². The molecule has 18 rings (SSSR count). The quantitative estimate of drug-likeness (QED) is 0.130. The van der Waals surface area contributed by atoms with E-state index in [0.717, 1.165) is 86.1 Å². The van der Waals surface area contributed by atoms with Crippen LogP contribution in [0.25, 0.3) is 137 Å². The van der Waals surface area contributed by atoms with Gasteiger partial charge < -0.3 is 9.31 Å². The van der Waals surface area contributed by atoms with Gasteiger partial charge in [0.2, 0.25) is 0 Å². The Balaban J connectivity index is 0.000000134. The maximum absolute atomic E-state index is 6.31. The lowest BCUT2D eigenvalue weighted by Crippen LogP contribution is -2.41. The summed E-state index contributed by atoms with van der Waals surface area (Å²) >= 11 is 6.66. The van der Waals surface area contributed by atoms with Crippen LogP contribution < -0.4 is 5.46 Å². The molecule has 0 amide bonds. The molecule has 0 unspecified atom stereocenters. The molecule has 17 aromatic rings. The van der Waals surface area contributed by atoms with E-state index in [1.54, 1.807) is 0 Å². The number of para-hydroxylation sites is 9. The number of pyridine rings is 3. The zero-order valence-corrected chi connectivity index (χ0v) is 50.7. The minimum Gasteiger partial charge on any atom is -0.399 e.